The quantitative estimate of drug-likeness (QED) is 0.827. The number of benzene rings is 1. The Bertz CT molecular complexity index is 536. The summed E-state index contributed by atoms with van der Waals surface area (Å²) in [7, 11) is 0. The van der Waals surface area contributed by atoms with Crippen molar-refractivity contribution in [2.45, 2.75) is 44.6 Å². The Labute approximate surface area is 139 Å². The van der Waals surface area contributed by atoms with Crippen molar-refractivity contribution in [3.05, 3.63) is 33.8 Å². The molecule has 0 radical (unpaired) electrons. The zero-order valence-corrected chi connectivity index (χ0v) is 13.7. The molecule has 1 saturated carbocycles. The van der Waals surface area contributed by atoms with Crippen molar-refractivity contribution in [3.8, 4) is 0 Å². The van der Waals surface area contributed by atoms with Crippen molar-refractivity contribution in [1.29, 1.82) is 0 Å². The highest BCUT2D eigenvalue weighted by atomic mass is 35.5. The largest absolute Gasteiger partial charge is 0.480 e. The summed E-state index contributed by atoms with van der Waals surface area (Å²) in [5, 5.41) is 12.7. The van der Waals surface area contributed by atoms with E-state index in [1.807, 2.05) is 0 Å². The van der Waals surface area contributed by atoms with Gasteiger partial charge in [0.05, 0.1) is 0 Å². The zero-order valence-electron chi connectivity index (χ0n) is 12.1. The van der Waals surface area contributed by atoms with E-state index in [9.17, 15) is 14.7 Å². The summed E-state index contributed by atoms with van der Waals surface area (Å²) in [4.78, 5) is 23.4. The normalized spacial score (nSPS) is 16.5. The molecule has 120 valence electrons. The van der Waals surface area contributed by atoms with Gasteiger partial charge in [0.25, 0.3) is 0 Å². The third-order valence-electron chi connectivity index (χ3n) is 4.05. The van der Waals surface area contributed by atoms with Crippen LogP contribution in [0.5, 0.6) is 0 Å². The highest BCUT2D eigenvalue weighted by molar-refractivity contribution is 6.36. The van der Waals surface area contributed by atoms with Gasteiger partial charge < -0.3 is 10.4 Å². The van der Waals surface area contributed by atoms with Crippen molar-refractivity contribution in [3.63, 3.8) is 0 Å². The Morgan fingerprint density at radius 1 is 1.23 bits per heavy atom. The first kappa shape index (κ1) is 17.1. The number of halogens is 2. The summed E-state index contributed by atoms with van der Waals surface area (Å²) in [5.41, 5.74) is 0.541. The molecule has 1 amide bonds. The van der Waals surface area contributed by atoms with Crippen molar-refractivity contribution < 1.29 is 14.7 Å². The van der Waals surface area contributed by atoms with E-state index in [-0.39, 0.29) is 12.3 Å². The molecule has 1 aliphatic carbocycles. The number of carboxylic acids is 1. The summed E-state index contributed by atoms with van der Waals surface area (Å²) in [5.74, 6) is -0.934. The van der Waals surface area contributed by atoms with Crippen LogP contribution in [0.25, 0.3) is 0 Å². The first-order chi connectivity index (χ1) is 10.5. The van der Waals surface area contributed by atoms with Crippen molar-refractivity contribution in [1.82, 2.24) is 5.32 Å². The molecule has 0 unspecified atom stereocenters. The lowest BCUT2D eigenvalue weighted by Gasteiger charge is -2.17. The Kier molecular flexibility index (Phi) is 6.09. The van der Waals surface area contributed by atoms with Gasteiger partial charge in [-0.2, -0.15) is 0 Å². The van der Waals surface area contributed by atoms with Crippen LogP contribution in [0, 0.1) is 5.92 Å². The average molecular weight is 344 g/mol. The van der Waals surface area contributed by atoms with Crippen LogP contribution in [0.4, 0.5) is 0 Å². The molecule has 0 heterocycles. The van der Waals surface area contributed by atoms with Crippen LogP contribution in [-0.4, -0.2) is 23.0 Å². The molecule has 2 N–H and O–H groups in total. The average Bonchev–Trinajstić information content (AvgIpc) is 2.94. The molecule has 0 spiro atoms. The van der Waals surface area contributed by atoms with E-state index in [4.69, 9.17) is 23.2 Å². The lowest BCUT2D eigenvalue weighted by atomic mass is 10.0. The number of nitrogens with one attached hydrogen (secondary N) is 1. The molecule has 0 saturated heterocycles. The summed E-state index contributed by atoms with van der Waals surface area (Å²) in [6.45, 7) is 0. The van der Waals surface area contributed by atoms with Gasteiger partial charge >= 0.3 is 5.97 Å². The number of carbonyl (C=O) groups excluding carboxylic acids is 1. The van der Waals surface area contributed by atoms with Gasteiger partial charge in [-0.3, -0.25) is 4.79 Å². The molecule has 1 fully saturated rings. The number of carboxylic acid groups (broad SMARTS) is 1. The van der Waals surface area contributed by atoms with E-state index >= 15 is 0 Å². The minimum absolute atomic E-state index is 0.0737. The molecule has 1 aliphatic rings. The number of hydrogen-bond acceptors (Lipinski definition) is 2. The van der Waals surface area contributed by atoms with Gasteiger partial charge in [0, 0.05) is 22.9 Å². The molecule has 0 aromatic heterocycles. The molecule has 4 nitrogen and oxygen atoms in total. The van der Waals surface area contributed by atoms with Gasteiger partial charge in [0.1, 0.15) is 6.04 Å². The van der Waals surface area contributed by atoms with E-state index in [1.165, 1.54) is 0 Å². The monoisotopic (exact) mass is 343 g/mol. The third-order valence-corrected chi connectivity index (χ3v) is 4.76. The number of hydrogen-bond donors (Lipinski definition) is 2. The van der Waals surface area contributed by atoms with Crippen molar-refractivity contribution in [2.75, 3.05) is 0 Å². The van der Waals surface area contributed by atoms with Crippen LogP contribution in [0.1, 0.15) is 37.7 Å². The first-order valence-electron chi connectivity index (χ1n) is 7.42. The fourth-order valence-corrected chi connectivity index (χ4v) is 3.41. The molecule has 6 heteroatoms. The second kappa shape index (κ2) is 7.84. The van der Waals surface area contributed by atoms with Gasteiger partial charge in [-0.25, -0.2) is 4.79 Å². The second-order valence-corrected chi connectivity index (χ2v) is 6.53. The minimum atomic E-state index is -1.09. The zero-order chi connectivity index (χ0) is 16.1. The minimum Gasteiger partial charge on any atom is -0.480 e. The molecule has 0 aliphatic heterocycles. The topological polar surface area (TPSA) is 66.4 Å². The summed E-state index contributed by atoms with van der Waals surface area (Å²) >= 11 is 12.1. The van der Waals surface area contributed by atoms with Crippen LogP contribution < -0.4 is 5.32 Å². The van der Waals surface area contributed by atoms with Crippen molar-refractivity contribution >= 4 is 35.1 Å². The fourth-order valence-electron chi connectivity index (χ4n) is 2.86. The molecule has 22 heavy (non-hydrogen) atoms. The molecule has 1 aromatic rings. The Morgan fingerprint density at radius 3 is 2.36 bits per heavy atom. The van der Waals surface area contributed by atoms with Gasteiger partial charge in [0.2, 0.25) is 5.91 Å². The maximum absolute atomic E-state index is 12.0. The molecule has 2 rings (SSSR count). The highest BCUT2D eigenvalue weighted by Crippen LogP contribution is 2.28. The lowest BCUT2D eigenvalue weighted by molar-refractivity contribution is -0.141. The van der Waals surface area contributed by atoms with Crippen molar-refractivity contribution in [2.24, 2.45) is 5.92 Å². The number of amides is 1. The predicted octanol–water partition coefficient (Wildman–Crippen LogP) is 3.69. The lowest BCUT2D eigenvalue weighted by Crippen LogP contribution is -2.42. The van der Waals surface area contributed by atoms with Gasteiger partial charge in [0.15, 0.2) is 0 Å². The number of rotatable bonds is 6. The van der Waals surface area contributed by atoms with Crippen LogP contribution in [-0.2, 0) is 16.0 Å². The third kappa shape index (κ3) is 4.62. The van der Waals surface area contributed by atoms with E-state index < -0.39 is 12.0 Å². The maximum Gasteiger partial charge on any atom is 0.326 e. The SMILES string of the molecule is O=C(CC1CCCC1)N[C@@H](Cc1c(Cl)cccc1Cl)C(=O)O. The molecular weight excluding hydrogens is 325 g/mol. The van der Waals surface area contributed by atoms with E-state index in [2.05, 4.69) is 5.32 Å². The van der Waals surface area contributed by atoms with E-state index in [0.717, 1.165) is 25.7 Å². The Balaban J connectivity index is 2.00. The number of carbonyl (C=O) groups is 2. The second-order valence-electron chi connectivity index (χ2n) is 5.72. The Hall–Kier alpha value is -1.26. The molecule has 0 bridgehead atoms. The van der Waals surface area contributed by atoms with Crippen LogP contribution in [0.3, 0.4) is 0 Å². The summed E-state index contributed by atoms with van der Waals surface area (Å²) < 4.78 is 0. The van der Waals surface area contributed by atoms with E-state index in [0.29, 0.717) is 27.9 Å². The molecular formula is C16H19Cl2NO3. The standard InChI is InChI=1S/C16H19Cl2NO3/c17-12-6-3-7-13(18)11(12)9-14(16(21)22)19-15(20)8-10-4-1-2-5-10/h3,6-7,10,14H,1-2,4-5,8-9H2,(H,19,20)(H,21,22)/t14-/m0/s1. The molecule has 1 atom stereocenters. The van der Waals surface area contributed by atoms with Gasteiger partial charge in [-0.15, -0.1) is 0 Å². The highest BCUT2D eigenvalue weighted by Gasteiger charge is 2.25. The fraction of sp³-hybridized carbons (Fsp3) is 0.500. The van der Waals surface area contributed by atoms with Crippen LogP contribution >= 0.6 is 23.2 Å². The maximum atomic E-state index is 12.0. The van der Waals surface area contributed by atoms with Gasteiger partial charge in [-0.05, 0) is 36.5 Å². The van der Waals surface area contributed by atoms with Gasteiger partial charge in [-0.1, -0.05) is 42.1 Å². The predicted molar refractivity (Wildman–Crippen MR) is 86.3 cm³/mol. The van der Waals surface area contributed by atoms with Crippen LogP contribution in [0.15, 0.2) is 18.2 Å². The number of aliphatic carboxylic acids is 1. The summed E-state index contributed by atoms with van der Waals surface area (Å²) in [6, 6.07) is 3.98. The first-order valence-corrected chi connectivity index (χ1v) is 8.18. The molecule has 1 aromatic carbocycles. The van der Waals surface area contributed by atoms with Crippen LogP contribution in [0.2, 0.25) is 10.0 Å². The smallest absolute Gasteiger partial charge is 0.326 e. The summed E-state index contributed by atoms with van der Waals surface area (Å²) in [6.07, 6.45) is 4.85. The Morgan fingerprint density at radius 2 is 1.82 bits per heavy atom. The van der Waals surface area contributed by atoms with E-state index in [1.54, 1.807) is 18.2 Å².